The van der Waals surface area contributed by atoms with Crippen LogP contribution in [0.15, 0.2) is 29.5 Å². The van der Waals surface area contributed by atoms with Crippen LogP contribution < -0.4 is 0 Å². The van der Waals surface area contributed by atoms with Gasteiger partial charge >= 0.3 is 0 Å². The second kappa shape index (κ2) is 6.94. The van der Waals surface area contributed by atoms with Crippen LogP contribution in [0.25, 0.3) is 0 Å². The number of halogens is 1. The van der Waals surface area contributed by atoms with Crippen molar-refractivity contribution >= 4 is 17.4 Å². The monoisotopic (exact) mass is 292 g/mol. The Balaban J connectivity index is 2.05. The van der Waals surface area contributed by atoms with Crippen LogP contribution in [0.5, 0.6) is 0 Å². The largest absolute Gasteiger partial charge is 0.504 e. The number of Topliss-reactive ketones (excluding diaryl/α,β-unsaturated/α-hetero) is 1. The number of ketones is 1. The first kappa shape index (κ1) is 15.1. The van der Waals surface area contributed by atoms with Gasteiger partial charge in [0.05, 0.1) is 5.02 Å². The Morgan fingerprint density at radius 1 is 1.20 bits per heavy atom. The Kier molecular flexibility index (Phi) is 5.24. The normalized spacial score (nSPS) is 14.6. The van der Waals surface area contributed by atoms with Gasteiger partial charge in [-0.3, -0.25) is 4.79 Å². The van der Waals surface area contributed by atoms with Gasteiger partial charge in [-0.05, 0) is 36.5 Å². The van der Waals surface area contributed by atoms with E-state index >= 15 is 0 Å². The van der Waals surface area contributed by atoms with E-state index in [0.717, 1.165) is 30.4 Å². The van der Waals surface area contributed by atoms with E-state index in [1.54, 1.807) is 6.07 Å². The highest BCUT2D eigenvalue weighted by molar-refractivity contribution is 6.35. The van der Waals surface area contributed by atoms with Gasteiger partial charge in [0.2, 0.25) is 5.78 Å². The van der Waals surface area contributed by atoms with E-state index in [-0.39, 0.29) is 11.5 Å². The van der Waals surface area contributed by atoms with Crippen molar-refractivity contribution in [1.82, 2.24) is 0 Å². The summed E-state index contributed by atoms with van der Waals surface area (Å²) in [6.45, 7) is 2.19. The number of fused-ring (bicyclic) bond motifs is 1. The number of rotatable bonds is 6. The lowest BCUT2D eigenvalue weighted by Gasteiger charge is -2.19. The van der Waals surface area contributed by atoms with Crippen LogP contribution in [0, 0.1) is 0 Å². The van der Waals surface area contributed by atoms with Crippen molar-refractivity contribution in [2.75, 3.05) is 0 Å². The Morgan fingerprint density at radius 3 is 2.70 bits per heavy atom. The molecule has 0 spiro atoms. The molecular formula is C17H21ClO2. The summed E-state index contributed by atoms with van der Waals surface area (Å²) >= 11 is 6.06. The second-order valence-corrected chi connectivity index (χ2v) is 5.80. The Morgan fingerprint density at radius 2 is 1.95 bits per heavy atom. The molecule has 1 aliphatic carbocycles. The molecule has 3 heteroatoms. The van der Waals surface area contributed by atoms with Gasteiger partial charge in [-0.25, -0.2) is 0 Å². The fourth-order valence-electron chi connectivity index (χ4n) is 2.71. The zero-order valence-corrected chi connectivity index (χ0v) is 12.7. The van der Waals surface area contributed by atoms with Crippen LogP contribution in [0.2, 0.25) is 5.02 Å². The maximum Gasteiger partial charge on any atom is 0.229 e. The summed E-state index contributed by atoms with van der Waals surface area (Å²) in [5.74, 6) is -0.401. The minimum Gasteiger partial charge on any atom is -0.504 e. The summed E-state index contributed by atoms with van der Waals surface area (Å²) in [6, 6.07) is 5.47. The van der Waals surface area contributed by atoms with Crippen molar-refractivity contribution in [2.24, 2.45) is 0 Å². The molecule has 1 aromatic carbocycles. The zero-order valence-electron chi connectivity index (χ0n) is 11.9. The highest BCUT2D eigenvalue weighted by Crippen LogP contribution is 2.32. The van der Waals surface area contributed by atoms with E-state index in [2.05, 4.69) is 6.92 Å². The van der Waals surface area contributed by atoms with Crippen molar-refractivity contribution < 1.29 is 9.90 Å². The lowest BCUT2D eigenvalue weighted by molar-refractivity contribution is 0.0969. The average molecular weight is 293 g/mol. The molecule has 2 nitrogen and oxygen atoms in total. The fourth-order valence-corrected chi connectivity index (χ4v) is 2.99. The maximum atomic E-state index is 12.2. The van der Waals surface area contributed by atoms with Gasteiger partial charge in [0.15, 0.2) is 5.76 Å². The summed E-state index contributed by atoms with van der Waals surface area (Å²) in [4.78, 5) is 12.2. The van der Waals surface area contributed by atoms with Gasteiger partial charge in [-0.15, -0.1) is 0 Å². The Hall–Kier alpha value is -1.28. The molecule has 1 N–H and O–H groups in total. The van der Waals surface area contributed by atoms with E-state index < -0.39 is 0 Å². The fraction of sp³-hybridized carbons (Fsp3) is 0.471. The quantitative estimate of drug-likeness (QED) is 0.727. The topological polar surface area (TPSA) is 37.3 Å². The highest BCUT2D eigenvalue weighted by Gasteiger charge is 2.27. The van der Waals surface area contributed by atoms with Crippen molar-refractivity contribution in [2.45, 2.75) is 51.9 Å². The van der Waals surface area contributed by atoms with Gasteiger partial charge in [-0.2, -0.15) is 0 Å². The summed E-state index contributed by atoms with van der Waals surface area (Å²) in [6.07, 6.45) is 7.32. The Bertz CT molecular complexity index is 532. The van der Waals surface area contributed by atoms with Crippen molar-refractivity contribution in [3.8, 4) is 0 Å². The molecule has 1 aliphatic rings. The molecule has 0 bridgehead atoms. The second-order valence-electron chi connectivity index (χ2n) is 5.40. The molecule has 0 aromatic heterocycles. The number of carbonyl (C=O) groups is 1. The molecule has 0 unspecified atom stereocenters. The number of benzene rings is 1. The molecule has 0 atom stereocenters. The molecule has 2 rings (SSSR count). The first-order valence-corrected chi connectivity index (χ1v) is 7.76. The predicted octanol–water partition coefficient (Wildman–Crippen LogP) is 5.25. The van der Waals surface area contributed by atoms with Crippen LogP contribution in [-0.2, 0) is 6.42 Å². The molecule has 0 radical (unpaired) electrons. The first-order chi connectivity index (χ1) is 9.65. The summed E-state index contributed by atoms with van der Waals surface area (Å²) < 4.78 is 0. The average Bonchev–Trinajstić information content (AvgIpc) is 2.43. The third kappa shape index (κ3) is 3.24. The molecule has 0 aliphatic heterocycles. The standard InChI is InChI=1S/C17H21ClO2/c1-2-3-4-5-6-8-13-11-12-9-7-10-14(18)15(12)17(20)16(13)19/h7,9-10,19H,2-6,8,11H2,1H3. The summed E-state index contributed by atoms with van der Waals surface area (Å²) in [5, 5.41) is 10.5. The SMILES string of the molecule is CCCCCCCC1=C(O)C(=O)c2c(Cl)cccc2C1. The molecule has 0 saturated carbocycles. The van der Waals surface area contributed by atoms with Crippen molar-refractivity contribution in [3.63, 3.8) is 0 Å². The van der Waals surface area contributed by atoms with Gasteiger partial charge < -0.3 is 5.11 Å². The predicted molar refractivity (Wildman–Crippen MR) is 82.5 cm³/mol. The van der Waals surface area contributed by atoms with Crippen LogP contribution in [0.1, 0.15) is 61.4 Å². The van der Waals surface area contributed by atoms with Crippen LogP contribution >= 0.6 is 11.6 Å². The van der Waals surface area contributed by atoms with Gasteiger partial charge in [-0.1, -0.05) is 56.3 Å². The molecule has 0 fully saturated rings. The summed E-state index contributed by atoms with van der Waals surface area (Å²) in [5.41, 5.74) is 2.27. The number of carbonyl (C=O) groups excluding carboxylic acids is 1. The van der Waals surface area contributed by atoms with E-state index in [1.807, 2.05) is 12.1 Å². The molecular weight excluding hydrogens is 272 g/mol. The number of aliphatic hydroxyl groups is 1. The minimum atomic E-state index is -0.319. The molecule has 0 saturated heterocycles. The third-order valence-electron chi connectivity index (χ3n) is 3.86. The third-order valence-corrected chi connectivity index (χ3v) is 4.18. The number of hydrogen-bond acceptors (Lipinski definition) is 2. The van der Waals surface area contributed by atoms with Gasteiger partial charge in [0.1, 0.15) is 0 Å². The van der Waals surface area contributed by atoms with Gasteiger partial charge in [0.25, 0.3) is 0 Å². The van der Waals surface area contributed by atoms with E-state index in [4.69, 9.17) is 11.6 Å². The van der Waals surface area contributed by atoms with Crippen LogP contribution in [0.4, 0.5) is 0 Å². The first-order valence-electron chi connectivity index (χ1n) is 7.38. The van der Waals surface area contributed by atoms with E-state index in [9.17, 15) is 9.90 Å². The van der Waals surface area contributed by atoms with Crippen LogP contribution in [0.3, 0.4) is 0 Å². The lowest BCUT2D eigenvalue weighted by atomic mass is 9.87. The smallest absolute Gasteiger partial charge is 0.229 e. The molecule has 1 aromatic rings. The molecule has 0 heterocycles. The summed E-state index contributed by atoms with van der Waals surface area (Å²) in [7, 11) is 0. The number of aliphatic hydroxyl groups excluding tert-OH is 1. The van der Waals surface area contributed by atoms with Crippen molar-refractivity contribution in [1.29, 1.82) is 0 Å². The lowest BCUT2D eigenvalue weighted by Crippen LogP contribution is -2.17. The van der Waals surface area contributed by atoms with E-state index in [1.165, 1.54) is 19.3 Å². The molecule has 108 valence electrons. The number of hydrogen-bond donors (Lipinski definition) is 1. The van der Waals surface area contributed by atoms with Crippen molar-refractivity contribution in [3.05, 3.63) is 45.7 Å². The van der Waals surface area contributed by atoms with Gasteiger partial charge in [0, 0.05) is 5.56 Å². The number of allylic oxidation sites excluding steroid dienone is 2. The Labute approximate surface area is 125 Å². The molecule has 0 amide bonds. The maximum absolute atomic E-state index is 12.2. The van der Waals surface area contributed by atoms with E-state index in [0.29, 0.717) is 17.0 Å². The highest BCUT2D eigenvalue weighted by atomic mass is 35.5. The van der Waals surface area contributed by atoms with Crippen LogP contribution in [-0.4, -0.2) is 10.9 Å². The zero-order chi connectivity index (χ0) is 14.5. The molecule has 20 heavy (non-hydrogen) atoms. The minimum absolute atomic E-state index is 0.0823. The number of unbranched alkanes of at least 4 members (excludes halogenated alkanes) is 4.